The predicted molar refractivity (Wildman–Crippen MR) is 107 cm³/mol. The average Bonchev–Trinajstić information content (AvgIpc) is 2.88. The predicted octanol–water partition coefficient (Wildman–Crippen LogP) is 3.65. The number of para-hydroxylation sites is 2. The lowest BCUT2D eigenvalue weighted by Gasteiger charge is -2.31. The normalized spacial score (nSPS) is 18.0. The SMILES string of the molecule is CC[C@H]1CN(c2cnc3ccccc3n2)CCC(=O)N1Cc1ccccc1. The lowest BCUT2D eigenvalue weighted by atomic mass is 10.1. The highest BCUT2D eigenvalue weighted by Crippen LogP contribution is 2.22. The van der Waals surface area contributed by atoms with Crippen molar-refractivity contribution in [1.82, 2.24) is 14.9 Å². The van der Waals surface area contributed by atoms with E-state index in [1.807, 2.05) is 53.6 Å². The van der Waals surface area contributed by atoms with E-state index in [0.717, 1.165) is 29.8 Å². The average molecular weight is 360 g/mol. The Hall–Kier alpha value is -2.95. The molecule has 5 heteroatoms. The number of hydrogen-bond acceptors (Lipinski definition) is 4. The third kappa shape index (κ3) is 3.77. The summed E-state index contributed by atoms with van der Waals surface area (Å²) in [6.07, 6.45) is 3.24. The number of benzene rings is 2. The first kappa shape index (κ1) is 17.5. The van der Waals surface area contributed by atoms with Gasteiger partial charge in [-0.05, 0) is 24.1 Å². The van der Waals surface area contributed by atoms with Crippen LogP contribution in [0.1, 0.15) is 25.3 Å². The van der Waals surface area contributed by atoms with Crippen LogP contribution in [0.3, 0.4) is 0 Å². The molecule has 0 unspecified atom stereocenters. The zero-order valence-electron chi connectivity index (χ0n) is 15.6. The largest absolute Gasteiger partial charge is 0.353 e. The lowest BCUT2D eigenvalue weighted by Crippen LogP contribution is -2.42. The maximum atomic E-state index is 12.8. The Labute approximate surface area is 159 Å². The van der Waals surface area contributed by atoms with Crippen LogP contribution in [0.2, 0.25) is 0 Å². The fourth-order valence-corrected chi connectivity index (χ4v) is 3.68. The van der Waals surface area contributed by atoms with E-state index >= 15 is 0 Å². The smallest absolute Gasteiger partial charge is 0.224 e. The van der Waals surface area contributed by atoms with E-state index in [2.05, 4.69) is 28.9 Å². The minimum Gasteiger partial charge on any atom is -0.353 e. The van der Waals surface area contributed by atoms with Gasteiger partial charge in [0.2, 0.25) is 5.91 Å². The molecule has 138 valence electrons. The number of fused-ring (bicyclic) bond motifs is 1. The van der Waals surface area contributed by atoms with Crippen molar-refractivity contribution in [3.05, 3.63) is 66.4 Å². The highest BCUT2D eigenvalue weighted by molar-refractivity contribution is 5.78. The van der Waals surface area contributed by atoms with Crippen LogP contribution in [0.15, 0.2) is 60.8 Å². The Morgan fingerprint density at radius 3 is 2.56 bits per heavy atom. The number of hydrogen-bond donors (Lipinski definition) is 0. The molecule has 0 saturated carbocycles. The van der Waals surface area contributed by atoms with Crippen molar-refractivity contribution < 1.29 is 4.79 Å². The Kier molecular flexibility index (Phi) is 5.01. The van der Waals surface area contributed by atoms with Crippen LogP contribution >= 0.6 is 0 Å². The van der Waals surface area contributed by atoms with Gasteiger partial charge in [-0.1, -0.05) is 49.4 Å². The molecule has 0 spiro atoms. The quantitative estimate of drug-likeness (QED) is 0.713. The van der Waals surface area contributed by atoms with Crippen molar-refractivity contribution in [3.63, 3.8) is 0 Å². The summed E-state index contributed by atoms with van der Waals surface area (Å²) in [7, 11) is 0. The maximum absolute atomic E-state index is 12.8. The summed E-state index contributed by atoms with van der Waals surface area (Å²) in [5.41, 5.74) is 2.95. The van der Waals surface area contributed by atoms with Crippen molar-refractivity contribution >= 4 is 22.8 Å². The van der Waals surface area contributed by atoms with E-state index in [1.54, 1.807) is 0 Å². The number of anilines is 1. The maximum Gasteiger partial charge on any atom is 0.224 e. The van der Waals surface area contributed by atoms with E-state index in [4.69, 9.17) is 4.98 Å². The van der Waals surface area contributed by atoms with Gasteiger partial charge in [-0.25, -0.2) is 4.98 Å². The van der Waals surface area contributed by atoms with E-state index < -0.39 is 0 Å². The Balaban J connectivity index is 1.58. The highest BCUT2D eigenvalue weighted by atomic mass is 16.2. The van der Waals surface area contributed by atoms with Gasteiger partial charge in [0.1, 0.15) is 5.82 Å². The first-order valence-electron chi connectivity index (χ1n) is 9.54. The van der Waals surface area contributed by atoms with Crippen molar-refractivity contribution in [1.29, 1.82) is 0 Å². The molecular formula is C22H24N4O. The van der Waals surface area contributed by atoms with Crippen LogP contribution in [0.4, 0.5) is 5.82 Å². The van der Waals surface area contributed by atoms with E-state index in [1.165, 1.54) is 5.56 Å². The van der Waals surface area contributed by atoms with Gasteiger partial charge < -0.3 is 9.80 Å². The summed E-state index contributed by atoms with van der Waals surface area (Å²) in [6.45, 7) is 4.26. The van der Waals surface area contributed by atoms with E-state index in [-0.39, 0.29) is 11.9 Å². The molecule has 0 aliphatic carbocycles. The molecule has 2 aromatic carbocycles. The van der Waals surface area contributed by atoms with Gasteiger partial charge in [-0.2, -0.15) is 0 Å². The highest BCUT2D eigenvalue weighted by Gasteiger charge is 2.29. The molecular weight excluding hydrogens is 336 g/mol. The van der Waals surface area contributed by atoms with Gasteiger partial charge >= 0.3 is 0 Å². The van der Waals surface area contributed by atoms with Crippen LogP contribution in [0, 0.1) is 0 Å². The molecule has 1 aliphatic heterocycles. The molecule has 1 aromatic heterocycles. The van der Waals surface area contributed by atoms with Crippen molar-refractivity contribution in [3.8, 4) is 0 Å². The summed E-state index contributed by atoms with van der Waals surface area (Å²) < 4.78 is 0. The van der Waals surface area contributed by atoms with Crippen molar-refractivity contribution in [2.75, 3.05) is 18.0 Å². The second-order valence-electron chi connectivity index (χ2n) is 6.98. The minimum atomic E-state index is 0.161. The topological polar surface area (TPSA) is 49.3 Å². The summed E-state index contributed by atoms with van der Waals surface area (Å²) >= 11 is 0. The van der Waals surface area contributed by atoms with Crippen molar-refractivity contribution in [2.45, 2.75) is 32.4 Å². The molecule has 1 saturated heterocycles. The fraction of sp³-hybridized carbons (Fsp3) is 0.318. The van der Waals surface area contributed by atoms with Crippen LogP contribution in [-0.4, -0.2) is 39.9 Å². The fourth-order valence-electron chi connectivity index (χ4n) is 3.68. The number of rotatable bonds is 4. The Bertz CT molecular complexity index is 928. The number of aromatic nitrogens is 2. The molecule has 1 fully saturated rings. The number of carbonyl (C=O) groups is 1. The Morgan fingerprint density at radius 1 is 1.04 bits per heavy atom. The molecule has 3 aromatic rings. The van der Waals surface area contributed by atoms with Crippen molar-refractivity contribution in [2.24, 2.45) is 0 Å². The van der Waals surface area contributed by atoms with Gasteiger partial charge in [-0.3, -0.25) is 9.78 Å². The van der Waals surface area contributed by atoms with Crippen LogP contribution in [-0.2, 0) is 11.3 Å². The molecule has 27 heavy (non-hydrogen) atoms. The molecule has 4 rings (SSSR count). The van der Waals surface area contributed by atoms with E-state index in [0.29, 0.717) is 19.5 Å². The summed E-state index contributed by atoms with van der Waals surface area (Å²) in [4.78, 5) is 26.4. The summed E-state index contributed by atoms with van der Waals surface area (Å²) in [5, 5.41) is 0. The molecule has 0 bridgehead atoms. The third-order valence-electron chi connectivity index (χ3n) is 5.21. The molecule has 1 aliphatic rings. The first-order chi connectivity index (χ1) is 13.2. The minimum absolute atomic E-state index is 0.161. The molecule has 2 heterocycles. The van der Waals surface area contributed by atoms with Gasteiger partial charge in [0, 0.05) is 32.1 Å². The number of nitrogens with zero attached hydrogens (tertiary/aromatic N) is 4. The zero-order chi connectivity index (χ0) is 18.6. The van der Waals surface area contributed by atoms with E-state index in [9.17, 15) is 4.79 Å². The van der Waals surface area contributed by atoms with Gasteiger partial charge in [0.05, 0.1) is 17.2 Å². The molecule has 5 nitrogen and oxygen atoms in total. The molecule has 1 atom stereocenters. The number of amides is 1. The second-order valence-corrected chi connectivity index (χ2v) is 6.98. The van der Waals surface area contributed by atoms with Crippen LogP contribution < -0.4 is 4.90 Å². The standard InChI is InChI=1S/C22H24N4O/c1-2-18-16-25(21-14-23-19-10-6-7-11-20(19)24-21)13-12-22(27)26(18)15-17-8-4-3-5-9-17/h3-11,14,18H,2,12-13,15-16H2,1H3/t18-/m0/s1. The summed E-state index contributed by atoms with van der Waals surface area (Å²) in [6, 6.07) is 18.3. The van der Waals surface area contributed by atoms with Gasteiger partial charge in [0.15, 0.2) is 0 Å². The number of carbonyl (C=O) groups excluding carboxylic acids is 1. The monoisotopic (exact) mass is 360 g/mol. The first-order valence-corrected chi connectivity index (χ1v) is 9.54. The molecule has 1 amide bonds. The van der Waals surface area contributed by atoms with Gasteiger partial charge in [-0.15, -0.1) is 0 Å². The van der Waals surface area contributed by atoms with Crippen LogP contribution in [0.5, 0.6) is 0 Å². The zero-order valence-corrected chi connectivity index (χ0v) is 15.6. The third-order valence-corrected chi connectivity index (χ3v) is 5.21. The molecule has 0 radical (unpaired) electrons. The molecule has 0 N–H and O–H groups in total. The van der Waals surface area contributed by atoms with Gasteiger partial charge in [0.25, 0.3) is 0 Å². The lowest BCUT2D eigenvalue weighted by molar-refractivity contribution is -0.133. The van der Waals surface area contributed by atoms with Crippen LogP contribution in [0.25, 0.3) is 11.0 Å². The second kappa shape index (κ2) is 7.74. The summed E-state index contributed by atoms with van der Waals surface area (Å²) in [5.74, 6) is 1.06. The Morgan fingerprint density at radius 2 is 1.78 bits per heavy atom.